The fourth-order valence-electron chi connectivity index (χ4n) is 2.61. The number of rotatable bonds is 4. The monoisotopic (exact) mass is 416 g/mol. The number of aliphatic imine (C=N–C) groups is 1. The van der Waals surface area contributed by atoms with E-state index < -0.39 is 22.7 Å². The first-order valence-corrected chi connectivity index (χ1v) is 8.80. The normalized spacial score (nSPS) is 17.1. The molecule has 1 saturated heterocycles. The van der Waals surface area contributed by atoms with Gasteiger partial charge in [0.15, 0.2) is 11.0 Å². The lowest BCUT2D eigenvalue weighted by Gasteiger charge is -2.30. The molecule has 1 N–H and O–H groups in total. The van der Waals surface area contributed by atoms with Gasteiger partial charge in [-0.2, -0.15) is 0 Å². The number of hydrogen-bond acceptors (Lipinski definition) is 6. The molecule has 2 amide bonds. The van der Waals surface area contributed by atoms with Crippen LogP contribution >= 0.6 is 23.8 Å². The van der Waals surface area contributed by atoms with Gasteiger partial charge in [-0.25, -0.2) is 0 Å². The summed E-state index contributed by atoms with van der Waals surface area (Å²) in [7, 11) is 0. The molecule has 142 valence electrons. The van der Waals surface area contributed by atoms with Gasteiger partial charge in [-0.05, 0) is 55.0 Å². The van der Waals surface area contributed by atoms with Gasteiger partial charge in [0.1, 0.15) is 0 Å². The number of nitro groups is 1. The first-order valence-electron chi connectivity index (χ1n) is 8.01. The average Bonchev–Trinajstić information content (AvgIpc) is 2.63. The Bertz CT molecular complexity index is 1020. The zero-order valence-corrected chi connectivity index (χ0v) is 16.0. The van der Waals surface area contributed by atoms with Crippen molar-refractivity contribution in [1.29, 1.82) is 0 Å². The fourth-order valence-corrected chi connectivity index (χ4v) is 3.03. The Balaban J connectivity index is 1.88. The number of halogens is 1. The molecule has 1 aliphatic heterocycles. The van der Waals surface area contributed by atoms with Gasteiger partial charge in [-0.3, -0.25) is 29.6 Å². The smallest absolute Gasteiger partial charge is 0.269 e. The third kappa shape index (κ3) is 3.90. The van der Waals surface area contributed by atoms with Crippen LogP contribution in [0.5, 0.6) is 0 Å². The van der Waals surface area contributed by atoms with E-state index in [1.807, 2.05) is 0 Å². The number of thiocarbonyl (C=S) groups is 1. The maximum absolute atomic E-state index is 12.8. The Morgan fingerprint density at radius 2 is 1.93 bits per heavy atom. The zero-order valence-electron chi connectivity index (χ0n) is 14.5. The van der Waals surface area contributed by atoms with E-state index >= 15 is 0 Å². The molecule has 2 aromatic carbocycles. The van der Waals surface area contributed by atoms with Crippen molar-refractivity contribution in [2.45, 2.75) is 6.92 Å². The van der Waals surface area contributed by atoms with Crippen molar-refractivity contribution in [2.75, 3.05) is 4.90 Å². The van der Waals surface area contributed by atoms with Gasteiger partial charge in [0.25, 0.3) is 11.6 Å². The average molecular weight is 417 g/mol. The van der Waals surface area contributed by atoms with Crippen LogP contribution in [0.4, 0.5) is 17.1 Å². The van der Waals surface area contributed by atoms with Crippen LogP contribution in [0.3, 0.4) is 0 Å². The summed E-state index contributed by atoms with van der Waals surface area (Å²) in [6.45, 7) is 1.65. The lowest BCUT2D eigenvalue weighted by Crippen LogP contribution is -2.58. The summed E-state index contributed by atoms with van der Waals surface area (Å²) in [4.78, 5) is 40.8. The summed E-state index contributed by atoms with van der Waals surface area (Å²) >= 11 is 11.0. The van der Waals surface area contributed by atoms with Crippen molar-refractivity contribution in [2.24, 2.45) is 10.9 Å². The van der Waals surface area contributed by atoms with E-state index in [1.165, 1.54) is 29.3 Å². The van der Waals surface area contributed by atoms with Crippen molar-refractivity contribution in [3.8, 4) is 0 Å². The predicted octanol–water partition coefficient (Wildman–Crippen LogP) is 3.32. The minimum Gasteiger partial charge on any atom is -0.301 e. The van der Waals surface area contributed by atoms with Crippen LogP contribution in [0.25, 0.3) is 0 Å². The minimum absolute atomic E-state index is 0.0338. The highest BCUT2D eigenvalue weighted by Gasteiger charge is 2.38. The molecule has 1 aliphatic rings. The summed E-state index contributed by atoms with van der Waals surface area (Å²) in [6, 6.07) is 10.6. The van der Waals surface area contributed by atoms with Crippen LogP contribution in [-0.4, -0.2) is 28.1 Å². The van der Waals surface area contributed by atoms with Crippen molar-refractivity contribution in [3.63, 3.8) is 0 Å². The number of nitrogens with zero attached hydrogens (tertiary/aromatic N) is 3. The number of nitro benzene ring substituents is 1. The van der Waals surface area contributed by atoms with Gasteiger partial charge in [0.05, 0.1) is 16.3 Å². The molecule has 8 nitrogen and oxygen atoms in total. The van der Waals surface area contributed by atoms with Crippen LogP contribution in [0, 0.1) is 23.0 Å². The molecule has 0 bridgehead atoms. The van der Waals surface area contributed by atoms with Crippen molar-refractivity contribution in [1.82, 2.24) is 5.32 Å². The van der Waals surface area contributed by atoms with Gasteiger partial charge in [0.2, 0.25) is 5.91 Å². The Kier molecular flexibility index (Phi) is 5.48. The zero-order chi connectivity index (χ0) is 20.4. The summed E-state index contributed by atoms with van der Waals surface area (Å²) in [6.07, 6.45) is 1.20. The Morgan fingerprint density at radius 3 is 2.54 bits per heavy atom. The molecule has 0 aromatic heterocycles. The van der Waals surface area contributed by atoms with E-state index in [1.54, 1.807) is 31.2 Å². The quantitative estimate of drug-likeness (QED) is 0.270. The van der Waals surface area contributed by atoms with E-state index in [0.717, 1.165) is 0 Å². The lowest BCUT2D eigenvalue weighted by atomic mass is 10.1. The molecule has 0 aliphatic carbocycles. The summed E-state index contributed by atoms with van der Waals surface area (Å²) < 4.78 is 0. The van der Waals surface area contributed by atoms with Crippen molar-refractivity contribution < 1.29 is 14.5 Å². The summed E-state index contributed by atoms with van der Waals surface area (Å²) in [5, 5.41) is 13.8. The molecule has 0 spiro atoms. The number of aryl methyl sites for hydroxylation is 1. The van der Waals surface area contributed by atoms with Gasteiger partial charge < -0.3 is 5.32 Å². The maximum Gasteiger partial charge on any atom is 0.269 e. The first-order chi connectivity index (χ1) is 13.3. The van der Waals surface area contributed by atoms with Crippen LogP contribution in [0.1, 0.15) is 5.56 Å². The molecule has 0 unspecified atom stereocenters. The number of amides is 2. The van der Waals surface area contributed by atoms with Gasteiger partial charge in [-0.15, -0.1) is 0 Å². The molecule has 1 heterocycles. The van der Waals surface area contributed by atoms with E-state index in [2.05, 4.69) is 10.3 Å². The van der Waals surface area contributed by atoms with Crippen LogP contribution in [0.15, 0.2) is 47.5 Å². The summed E-state index contributed by atoms with van der Waals surface area (Å²) in [5.74, 6) is -2.35. The number of anilines is 1. The predicted molar refractivity (Wildman–Crippen MR) is 109 cm³/mol. The number of carbonyl (C=O) groups excluding carboxylic acids is 2. The molecule has 10 heteroatoms. The molecule has 0 saturated carbocycles. The third-order valence-corrected chi connectivity index (χ3v) is 4.58. The van der Waals surface area contributed by atoms with Crippen molar-refractivity contribution >= 4 is 64.0 Å². The van der Waals surface area contributed by atoms with E-state index in [9.17, 15) is 19.7 Å². The summed E-state index contributed by atoms with van der Waals surface area (Å²) in [5.41, 5.74) is 1.35. The van der Waals surface area contributed by atoms with E-state index in [0.29, 0.717) is 22.0 Å². The second kappa shape index (κ2) is 7.83. The van der Waals surface area contributed by atoms with Crippen LogP contribution < -0.4 is 10.2 Å². The third-order valence-electron chi connectivity index (χ3n) is 4.04. The topological polar surface area (TPSA) is 105 Å². The van der Waals surface area contributed by atoms with Crippen LogP contribution in [0.2, 0.25) is 5.02 Å². The number of non-ortho nitro benzene ring substituents is 1. The van der Waals surface area contributed by atoms with Gasteiger partial charge in [0, 0.05) is 23.4 Å². The molecular weight excluding hydrogens is 404 g/mol. The van der Waals surface area contributed by atoms with Crippen molar-refractivity contribution in [3.05, 3.63) is 63.2 Å². The van der Waals surface area contributed by atoms with Gasteiger partial charge in [-0.1, -0.05) is 11.6 Å². The number of benzene rings is 2. The van der Waals surface area contributed by atoms with Crippen LogP contribution in [-0.2, 0) is 9.59 Å². The molecule has 28 heavy (non-hydrogen) atoms. The second-order valence-electron chi connectivity index (χ2n) is 5.93. The molecule has 1 fully saturated rings. The minimum atomic E-state index is -1.20. The van der Waals surface area contributed by atoms with E-state index in [-0.39, 0.29) is 10.8 Å². The largest absolute Gasteiger partial charge is 0.301 e. The number of nitrogens with one attached hydrogen (secondary N) is 1. The maximum atomic E-state index is 12.8. The molecular formula is C18H13ClN4O4S. The highest BCUT2D eigenvalue weighted by atomic mass is 35.5. The Labute approximate surface area is 170 Å². The standard InChI is InChI=1S/C18H13ClN4O4S/c1-10-8-13(23(26)27)6-7-15(10)20-9-14-16(24)21-18(28)22(17(14)25)12-4-2-11(19)3-5-12/h2-9,14H,1H3,(H,21,24,28)/t14-/m1/s1. The number of hydrogen-bond donors (Lipinski definition) is 1. The molecule has 0 radical (unpaired) electrons. The second-order valence-corrected chi connectivity index (χ2v) is 6.75. The number of carbonyl (C=O) groups is 2. The highest BCUT2D eigenvalue weighted by Crippen LogP contribution is 2.25. The molecule has 1 atom stereocenters. The highest BCUT2D eigenvalue weighted by molar-refractivity contribution is 7.80. The molecule has 2 aromatic rings. The lowest BCUT2D eigenvalue weighted by molar-refractivity contribution is -0.384. The molecule has 3 rings (SSSR count). The van der Waals surface area contributed by atoms with Gasteiger partial charge >= 0.3 is 0 Å². The Morgan fingerprint density at radius 1 is 1.25 bits per heavy atom. The fraction of sp³-hybridized carbons (Fsp3) is 0.111. The first kappa shape index (κ1) is 19.6. The Hall–Kier alpha value is -3.17. The van der Waals surface area contributed by atoms with E-state index in [4.69, 9.17) is 23.8 Å². The SMILES string of the molecule is Cc1cc([N+](=O)[O-])ccc1N=C[C@@H]1C(=O)NC(=S)N(c2ccc(Cl)cc2)C1=O.